The highest BCUT2D eigenvalue weighted by Crippen LogP contribution is 2.76. The summed E-state index contributed by atoms with van der Waals surface area (Å²) in [7, 11) is 0. The minimum Gasteiger partial charge on any atom is -0.394 e. The monoisotopic (exact) mass is 602 g/mol. The first-order chi connectivity index (χ1) is 19.9. The molecule has 13 unspecified atom stereocenters. The normalized spacial score (nSPS) is 53.9. The predicted molar refractivity (Wildman–Crippen MR) is 164 cm³/mol. The molecule has 0 aromatic heterocycles. The van der Waals surface area contributed by atoms with Crippen LogP contribution in [0.15, 0.2) is 11.6 Å². The van der Waals surface area contributed by atoms with E-state index in [1.54, 1.807) is 0 Å². The van der Waals surface area contributed by atoms with E-state index in [1.165, 1.54) is 5.57 Å². The summed E-state index contributed by atoms with van der Waals surface area (Å²) in [5.74, 6) is 0.829. The number of rotatable bonds is 3. The fraction of sp³-hybridized carbons (Fsp3) is 0.917. The molecule has 0 aromatic carbocycles. The van der Waals surface area contributed by atoms with Gasteiger partial charge in [0.2, 0.25) is 0 Å². The number of carbonyl (C=O) groups is 1. The summed E-state index contributed by atoms with van der Waals surface area (Å²) in [6, 6.07) is 0. The molecule has 0 radical (unpaired) electrons. The highest BCUT2D eigenvalue weighted by Gasteiger charge is 2.69. The molecule has 5 aliphatic carbocycles. The summed E-state index contributed by atoms with van der Waals surface area (Å²) < 4.78 is 5.91. The van der Waals surface area contributed by atoms with Gasteiger partial charge in [0.05, 0.1) is 12.7 Å². The lowest BCUT2D eigenvalue weighted by atomic mass is 9.33. The van der Waals surface area contributed by atoms with Gasteiger partial charge in [-0.25, -0.2) is 0 Å². The van der Waals surface area contributed by atoms with Crippen molar-refractivity contribution in [3.05, 3.63) is 11.6 Å². The van der Waals surface area contributed by atoms with Gasteiger partial charge in [-0.1, -0.05) is 60.1 Å². The van der Waals surface area contributed by atoms with Crippen LogP contribution in [0, 0.1) is 50.2 Å². The van der Waals surface area contributed by atoms with E-state index in [1.807, 2.05) is 0 Å². The molecular weight excluding hydrogens is 544 g/mol. The maximum Gasteiger partial charge on any atom is 0.171 e. The third kappa shape index (κ3) is 4.23. The molecule has 6 rings (SSSR count). The van der Waals surface area contributed by atoms with Crippen LogP contribution >= 0.6 is 0 Å². The van der Waals surface area contributed by atoms with E-state index in [0.717, 1.165) is 51.4 Å². The van der Waals surface area contributed by atoms with Crippen molar-refractivity contribution in [2.24, 2.45) is 50.2 Å². The number of ether oxygens (including phenoxy) is 1. The second-order valence-corrected chi connectivity index (χ2v) is 17.9. The molecule has 6 aliphatic rings. The number of aliphatic hydroxyl groups is 5. The SMILES string of the molecule is CC1(C)CCC2(C(=O)C3OC(CO)C(O)C(O)C3O)CCC3(C)C(=CCC4C5(C)CCC(O)C(C)(C)C5CCC43C)C2C1. The number of hydrogen-bond acceptors (Lipinski definition) is 7. The molecule has 5 N–H and O–H groups in total. The molecular formula is C36H58O7. The van der Waals surface area contributed by atoms with Gasteiger partial charge < -0.3 is 30.3 Å². The molecule has 1 saturated heterocycles. The molecule has 13 atom stereocenters. The highest BCUT2D eigenvalue weighted by atomic mass is 16.5. The van der Waals surface area contributed by atoms with Gasteiger partial charge in [-0.05, 0) is 109 Å². The molecule has 0 spiro atoms. The van der Waals surface area contributed by atoms with Gasteiger partial charge in [-0.2, -0.15) is 0 Å². The van der Waals surface area contributed by atoms with E-state index in [-0.39, 0.29) is 44.9 Å². The van der Waals surface area contributed by atoms with Crippen molar-refractivity contribution in [1.82, 2.24) is 0 Å². The Hall–Kier alpha value is -0.830. The maximum absolute atomic E-state index is 14.7. The molecule has 0 bridgehead atoms. The summed E-state index contributed by atoms with van der Waals surface area (Å²) >= 11 is 0. The third-order valence-electron chi connectivity index (χ3n) is 15.3. The zero-order valence-electron chi connectivity index (χ0n) is 27.6. The van der Waals surface area contributed by atoms with Crippen molar-refractivity contribution in [3.63, 3.8) is 0 Å². The Labute approximate surface area is 258 Å². The minimum absolute atomic E-state index is 0.0165. The van der Waals surface area contributed by atoms with Gasteiger partial charge in [-0.15, -0.1) is 0 Å². The molecule has 1 aliphatic heterocycles. The van der Waals surface area contributed by atoms with Crippen LogP contribution in [-0.2, 0) is 9.53 Å². The number of ketones is 1. The summed E-state index contributed by atoms with van der Waals surface area (Å²) in [5, 5.41) is 52.9. The second-order valence-electron chi connectivity index (χ2n) is 17.9. The van der Waals surface area contributed by atoms with Crippen LogP contribution in [0.2, 0.25) is 0 Å². The zero-order chi connectivity index (χ0) is 31.5. The fourth-order valence-electron chi connectivity index (χ4n) is 12.3. The Kier molecular flexibility index (Phi) is 7.53. The number of allylic oxidation sites excluding steroid dienone is 2. The van der Waals surface area contributed by atoms with Crippen LogP contribution in [0.25, 0.3) is 0 Å². The van der Waals surface area contributed by atoms with E-state index >= 15 is 0 Å². The zero-order valence-corrected chi connectivity index (χ0v) is 27.6. The summed E-state index contributed by atoms with van der Waals surface area (Å²) in [4.78, 5) is 14.7. The number of carbonyl (C=O) groups excluding carboxylic acids is 1. The van der Waals surface area contributed by atoms with E-state index < -0.39 is 42.5 Å². The number of hydrogen-bond donors (Lipinski definition) is 5. The van der Waals surface area contributed by atoms with Crippen molar-refractivity contribution in [2.75, 3.05) is 6.61 Å². The lowest BCUT2D eigenvalue weighted by molar-refractivity contribution is -0.234. The fourth-order valence-corrected chi connectivity index (χ4v) is 12.3. The Bertz CT molecular complexity index is 1160. The van der Waals surface area contributed by atoms with Crippen LogP contribution in [0.1, 0.15) is 113 Å². The van der Waals surface area contributed by atoms with Gasteiger partial charge in [0.1, 0.15) is 30.5 Å². The van der Waals surface area contributed by atoms with Crippen LogP contribution in [0.5, 0.6) is 0 Å². The molecule has 244 valence electrons. The molecule has 7 nitrogen and oxygen atoms in total. The lowest BCUT2D eigenvalue weighted by Gasteiger charge is -2.71. The molecule has 43 heavy (non-hydrogen) atoms. The average Bonchev–Trinajstić information content (AvgIpc) is 2.94. The number of Topliss-reactive ketones (excluding diaryl/α,β-unsaturated/α-hetero) is 1. The summed E-state index contributed by atoms with van der Waals surface area (Å²) in [6.07, 6.45) is 4.55. The smallest absolute Gasteiger partial charge is 0.171 e. The second kappa shape index (κ2) is 10.1. The van der Waals surface area contributed by atoms with Gasteiger partial charge in [0.25, 0.3) is 0 Å². The van der Waals surface area contributed by atoms with Gasteiger partial charge in [-0.3, -0.25) is 4.79 Å². The van der Waals surface area contributed by atoms with Crippen LogP contribution < -0.4 is 0 Å². The first-order valence-corrected chi connectivity index (χ1v) is 17.1. The molecule has 0 amide bonds. The maximum atomic E-state index is 14.7. The van der Waals surface area contributed by atoms with Crippen LogP contribution in [0.4, 0.5) is 0 Å². The van der Waals surface area contributed by atoms with Crippen molar-refractivity contribution >= 4 is 5.78 Å². The van der Waals surface area contributed by atoms with E-state index in [9.17, 15) is 30.3 Å². The number of fused-ring (bicyclic) bond motifs is 7. The molecule has 7 heteroatoms. The Morgan fingerprint density at radius 3 is 2.19 bits per heavy atom. The standard InChI is InChI=1S/C36H58O7/c1-31(2)14-16-36(30(42)29-28(41)27(40)26(39)22(19-37)43-29)17-15-34(6)20(21(36)18-31)8-9-24-33(5)12-11-25(38)32(3,4)23(33)10-13-35(24,34)7/h8,21-29,37-41H,9-19H2,1-7H3. The van der Waals surface area contributed by atoms with Crippen LogP contribution in [-0.4, -0.2) is 74.5 Å². The molecule has 5 fully saturated rings. The van der Waals surface area contributed by atoms with Crippen molar-refractivity contribution in [1.29, 1.82) is 0 Å². The Balaban J connectivity index is 1.40. The van der Waals surface area contributed by atoms with Crippen molar-refractivity contribution < 1.29 is 35.1 Å². The Morgan fingerprint density at radius 1 is 0.837 bits per heavy atom. The van der Waals surface area contributed by atoms with Gasteiger partial charge in [0, 0.05) is 5.41 Å². The highest BCUT2D eigenvalue weighted by molar-refractivity contribution is 5.91. The first-order valence-electron chi connectivity index (χ1n) is 17.1. The van der Waals surface area contributed by atoms with E-state index in [0.29, 0.717) is 24.7 Å². The van der Waals surface area contributed by atoms with E-state index in [2.05, 4.69) is 54.5 Å². The largest absolute Gasteiger partial charge is 0.394 e. The Morgan fingerprint density at radius 2 is 1.51 bits per heavy atom. The first kappa shape index (κ1) is 32.1. The quantitative estimate of drug-likeness (QED) is 0.300. The summed E-state index contributed by atoms with van der Waals surface area (Å²) in [5.41, 5.74) is 0.811. The van der Waals surface area contributed by atoms with E-state index in [4.69, 9.17) is 4.74 Å². The van der Waals surface area contributed by atoms with Crippen LogP contribution in [0.3, 0.4) is 0 Å². The topological polar surface area (TPSA) is 127 Å². The lowest BCUT2D eigenvalue weighted by Crippen LogP contribution is -2.67. The van der Waals surface area contributed by atoms with Crippen molar-refractivity contribution in [3.8, 4) is 0 Å². The molecule has 0 aromatic rings. The van der Waals surface area contributed by atoms with Gasteiger partial charge in [0.15, 0.2) is 5.78 Å². The van der Waals surface area contributed by atoms with Gasteiger partial charge >= 0.3 is 0 Å². The minimum atomic E-state index is -1.55. The third-order valence-corrected chi connectivity index (χ3v) is 15.3. The van der Waals surface area contributed by atoms with Crippen molar-refractivity contribution in [2.45, 2.75) is 149 Å². The average molecular weight is 603 g/mol. The summed E-state index contributed by atoms with van der Waals surface area (Å²) in [6.45, 7) is 16.1. The molecule has 1 heterocycles. The molecule has 4 saturated carbocycles. The predicted octanol–water partition coefficient (Wildman–Crippen LogP) is 4.56. The number of aliphatic hydroxyl groups excluding tert-OH is 5.